The molecule has 0 saturated carbocycles. The van der Waals surface area contributed by atoms with E-state index in [1.54, 1.807) is 18.3 Å². The summed E-state index contributed by atoms with van der Waals surface area (Å²) in [5.74, 6) is 0.679. The largest absolute Gasteiger partial charge is 0.326 e. The van der Waals surface area contributed by atoms with E-state index in [9.17, 15) is 4.39 Å². The number of aromatic nitrogens is 2. The quantitative estimate of drug-likeness (QED) is 0.902. The summed E-state index contributed by atoms with van der Waals surface area (Å²) in [6, 6.07) is 6.49. The fourth-order valence-electron chi connectivity index (χ4n) is 2.18. The fourth-order valence-corrected chi connectivity index (χ4v) is 2.18. The summed E-state index contributed by atoms with van der Waals surface area (Å²) in [6.45, 7) is 3.99. The molecule has 2 rings (SSSR count). The first-order chi connectivity index (χ1) is 8.63. The van der Waals surface area contributed by atoms with E-state index < -0.39 is 0 Å². The van der Waals surface area contributed by atoms with Gasteiger partial charge in [0.15, 0.2) is 0 Å². The van der Waals surface area contributed by atoms with Crippen LogP contribution < -0.4 is 5.73 Å². The van der Waals surface area contributed by atoms with Crippen LogP contribution in [0.25, 0.3) is 0 Å². The predicted octanol–water partition coefficient (Wildman–Crippen LogP) is 2.66. The number of aryl methyl sites for hydroxylation is 1. The van der Waals surface area contributed by atoms with Gasteiger partial charge in [-0.1, -0.05) is 19.1 Å². The second kappa shape index (κ2) is 5.31. The molecular weight excluding hydrogens is 229 g/mol. The lowest BCUT2D eigenvalue weighted by Crippen LogP contribution is -2.32. The molecule has 2 N–H and O–H groups in total. The van der Waals surface area contributed by atoms with Crippen LogP contribution in [0.2, 0.25) is 0 Å². The summed E-state index contributed by atoms with van der Waals surface area (Å²) < 4.78 is 15.0. The Labute approximate surface area is 106 Å². The Morgan fingerprint density at radius 1 is 1.33 bits per heavy atom. The van der Waals surface area contributed by atoms with E-state index in [4.69, 9.17) is 5.73 Å². The standard InChI is InChI=1S/C14H18FN3/c1-3-13(16)14(18-9-8-17-10(18)2)11-4-6-12(15)7-5-11/h4-9,13-14H,3,16H2,1-2H3. The van der Waals surface area contributed by atoms with Crippen molar-refractivity contribution >= 4 is 0 Å². The Morgan fingerprint density at radius 2 is 2.00 bits per heavy atom. The van der Waals surface area contributed by atoms with Crippen molar-refractivity contribution in [1.29, 1.82) is 0 Å². The average molecular weight is 247 g/mol. The van der Waals surface area contributed by atoms with E-state index in [1.807, 2.05) is 24.6 Å². The van der Waals surface area contributed by atoms with Gasteiger partial charge in [-0.15, -0.1) is 0 Å². The van der Waals surface area contributed by atoms with Crippen molar-refractivity contribution in [1.82, 2.24) is 9.55 Å². The molecule has 2 aromatic rings. The number of hydrogen-bond acceptors (Lipinski definition) is 2. The van der Waals surface area contributed by atoms with Crippen molar-refractivity contribution in [2.75, 3.05) is 0 Å². The van der Waals surface area contributed by atoms with Crippen LogP contribution in [-0.2, 0) is 0 Å². The highest BCUT2D eigenvalue weighted by atomic mass is 19.1. The fraction of sp³-hybridized carbons (Fsp3) is 0.357. The third-order valence-electron chi connectivity index (χ3n) is 3.25. The smallest absolute Gasteiger partial charge is 0.123 e. The Balaban J connectivity index is 2.43. The van der Waals surface area contributed by atoms with Gasteiger partial charge in [0.05, 0.1) is 6.04 Å². The molecule has 0 aliphatic rings. The Kier molecular flexibility index (Phi) is 3.77. The van der Waals surface area contributed by atoms with Crippen LogP contribution in [0.5, 0.6) is 0 Å². The summed E-state index contributed by atoms with van der Waals surface area (Å²) in [5.41, 5.74) is 7.21. The van der Waals surface area contributed by atoms with Crippen molar-refractivity contribution in [2.45, 2.75) is 32.4 Å². The molecule has 96 valence electrons. The lowest BCUT2D eigenvalue weighted by Gasteiger charge is -2.26. The molecule has 2 atom stereocenters. The molecule has 2 unspecified atom stereocenters. The topological polar surface area (TPSA) is 43.8 Å². The lowest BCUT2D eigenvalue weighted by molar-refractivity contribution is 0.450. The third-order valence-corrected chi connectivity index (χ3v) is 3.25. The molecule has 0 spiro atoms. The summed E-state index contributed by atoms with van der Waals surface area (Å²) in [7, 11) is 0. The predicted molar refractivity (Wildman–Crippen MR) is 69.8 cm³/mol. The molecule has 18 heavy (non-hydrogen) atoms. The van der Waals surface area contributed by atoms with Crippen molar-refractivity contribution in [3.8, 4) is 0 Å². The zero-order valence-corrected chi connectivity index (χ0v) is 10.7. The molecule has 0 aliphatic carbocycles. The van der Waals surface area contributed by atoms with Crippen LogP contribution in [0, 0.1) is 12.7 Å². The van der Waals surface area contributed by atoms with Crippen molar-refractivity contribution < 1.29 is 4.39 Å². The second-order valence-corrected chi connectivity index (χ2v) is 4.45. The molecule has 4 heteroatoms. The minimum atomic E-state index is -0.232. The maximum atomic E-state index is 13.0. The molecule has 0 aliphatic heterocycles. The maximum absolute atomic E-state index is 13.0. The molecule has 0 radical (unpaired) electrons. The van der Waals surface area contributed by atoms with Crippen molar-refractivity contribution in [3.05, 3.63) is 53.9 Å². The molecule has 1 aromatic carbocycles. The lowest BCUT2D eigenvalue weighted by atomic mass is 9.97. The van der Waals surface area contributed by atoms with Crippen LogP contribution in [0.4, 0.5) is 4.39 Å². The zero-order valence-electron chi connectivity index (χ0n) is 10.7. The Bertz CT molecular complexity index is 504. The molecule has 0 amide bonds. The number of halogens is 1. The zero-order chi connectivity index (χ0) is 13.1. The minimum absolute atomic E-state index is 0.00176. The SMILES string of the molecule is CCC(N)C(c1ccc(F)cc1)n1ccnc1C. The molecule has 0 saturated heterocycles. The molecule has 0 bridgehead atoms. The van der Waals surface area contributed by atoms with Gasteiger partial charge in [-0.2, -0.15) is 0 Å². The monoisotopic (exact) mass is 247 g/mol. The highest BCUT2D eigenvalue weighted by Gasteiger charge is 2.21. The van der Waals surface area contributed by atoms with Gasteiger partial charge in [0.2, 0.25) is 0 Å². The van der Waals surface area contributed by atoms with Gasteiger partial charge >= 0.3 is 0 Å². The van der Waals surface area contributed by atoms with Crippen LogP contribution in [0.15, 0.2) is 36.7 Å². The number of imidazole rings is 1. The number of benzene rings is 1. The number of nitrogens with zero attached hydrogens (tertiary/aromatic N) is 2. The van der Waals surface area contributed by atoms with E-state index in [1.165, 1.54) is 12.1 Å². The van der Waals surface area contributed by atoms with Gasteiger partial charge in [0, 0.05) is 18.4 Å². The third kappa shape index (κ3) is 2.43. The molecular formula is C14H18FN3. The van der Waals surface area contributed by atoms with E-state index in [0.29, 0.717) is 0 Å². The number of rotatable bonds is 4. The van der Waals surface area contributed by atoms with Gasteiger partial charge in [-0.25, -0.2) is 9.37 Å². The van der Waals surface area contributed by atoms with Gasteiger partial charge < -0.3 is 10.3 Å². The Morgan fingerprint density at radius 3 is 2.50 bits per heavy atom. The summed E-state index contributed by atoms with van der Waals surface area (Å²) in [4.78, 5) is 4.23. The number of nitrogens with two attached hydrogens (primary N) is 1. The van der Waals surface area contributed by atoms with Crippen LogP contribution in [0.3, 0.4) is 0 Å². The highest BCUT2D eigenvalue weighted by molar-refractivity contribution is 5.23. The second-order valence-electron chi connectivity index (χ2n) is 4.45. The first-order valence-corrected chi connectivity index (χ1v) is 6.14. The van der Waals surface area contributed by atoms with E-state index in [2.05, 4.69) is 4.98 Å². The maximum Gasteiger partial charge on any atom is 0.123 e. The van der Waals surface area contributed by atoms with Gasteiger partial charge in [0.25, 0.3) is 0 Å². The average Bonchev–Trinajstić information content (AvgIpc) is 2.78. The normalized spacial score (nSPS) is 14.4. The molecule has 0 fully saturated rings. The van der Waals surface area contributed by atoms with Crippen LogP contribution in [-0.4, -0.2) is 15.6 Å². The van der Waals surface area contributed by atoms with Gasteiger partial charge in [-0.3, -0.25) is 0 Å². The van der Waals surface area contributed by atoms with Crippen LogP contribution >= 0.6 is 0 Å². The van der Waals surface area contributed by atoms with Crippen molar-refractivity contribution in [2.24, 2.45) is 5.73 Å². The number of hydrogen-bond donors (Lipinski definition) is 1. The van der Waals surface area contributed by atoms with Gasteiger partial charge in [0.1, 0.15) is 11.6 Å². The van der Waals surface area contributed by atoms with E-state index in [-0.39, 0.29) is 17.9 Å². The first-order valence-electron chi connectivity index (χ1n) is 6.14. The molecule has 1 aromatic heterocycles. The summed E-state index contributed by atoms with van der Waals surface area (Å²) >= 11 is 0. The first kappa shape index (κ1) is 12.8. The minimum Gasteiger partial charge on any atom is -0.326 e. The van der Waals surface area contributed by atoms with E-state index >= 15 is 0 Å². The highest BCUT2D eigenvalue weighted by Crippen LogP contribution is 2.24. The Hall–Kier alpha value is -1.68. The van der Waals surface area contributed by atoms with Gasteiger partial charge in [-0.05, 0) is 31.0 Å². The summed E-state index contributed by atoms with van der Waals surface area (Å²) in [6.07, 6.45) is 4.52. The van der Waals surface area contributed by atoms with E-state index in [0.717, 1.165) is 17.8 Å². The van der Waals surface area contributed by atoms with Crippen molar-refractivity contribution in [3.63, 3.8) is 0 Å². The van der Waals surface area contributed by atoms with Crippen LogP contribution in [0.1, 0.15) is 30.8 Å². The molecule has 1 heterocycles. The summed E-state index contributed by atoms with van der Waals surface area (Å²) in [5, 5.41) is 0. The molecule has 3 nitrogen and oxygen atoms in total.